The quantitative estimate of drug-likeness (QED) is 0.899. The van der Waals surface area contributed by atoms with E-state index in [1.807, 2.05) is 0 Å². The molecule has 16 heavy (non-hydrogen) atoms. The standard InChI is InChI=1S/C11H12BrFO3/c1-16-8-4-7(13)9(12)6(10(8)14)5-11(15)2-3-11/h4,14-15H,2-3,5H2,1H3. The third-order valence-corrected chi connectivity index (χ3v) is 3.66. The zero-order valence-corrected chi connectivity index (χ0v) is 10.3. The highest BCUT2D eigenvalue weighted by Crippen LogP contribution is 2.45. The summed E-state index contributed by atoms with van der Waals surface area (Å²) in [4.78, 5) is 0. The van der Waals surface area contributed by atoms with Gasteiger partial charge in [-0.05, 0) is 28.8 Å². The molecular formula is C11H12BrFO3. The van der Waals surface area contributed by atoms with Crippen LogP contribution in [-0.2, 0) is 6.42 Å². The van der Waals surface area contributed by atoms with Gasteiger partial charge in [0.15, 0.2) is 11.5 Å². The van der Waals surface area contributed by atoms with Gasteiger partial charge in [-0.3, -0.25) is 0 Å². The summed E-state index contributed by atoms with van der Waals surface area (Å²) >= 11 is 3.07. The Morgan fingerprint density at radius 1 is 1.56 bits per heavy atom. The van der Waals surface area contributed by atoms with Crippen molar-refractivity contribution in [2.45, 2.75) is 24.9 Å². The van der Waals surface area contributed by atoms with E-state index in [2.05, 4.69) is 15.9 Å². The number of ether oxygens (including phenoxy) is 1. The molecule has 5 heteroatoms. The van der Waals surface area contributed by atoms with Gasteiger partial charge in [0.2, 0.25) is 0 Å². The molecule has 1 saturated carbocycles. The van der Waals surface area contributed by atoms with Crippen LogP contribution in [0.15, 0.2) is 10.5 Å². The number of hydrogen-bond acceptors (Lipinski definition) is 3. The molecule has 1 fully saturated rings. The van der Waals surface area contributed by atoms with E-state index < -0.39 is 11.4 Å². The van der Waals surface area contributed by atoms with Crippen LogP contribution >= 0.6 is 15.9 Å². The second kappa shape index (κ2) is 3.89. The van der Waals surface area contributed by atoms with Gasteiger partial charge in [0, 0.05) is 18.1 Å². The van der Waals surface area contributed by atoms with Gasteiger partial charge in [-0.25, -0.2) is 4.39 Å². The fraction of sp³-hybridized carbons (Fsp3) is 0.455. The number of benzene rings is 1. The summed E-state index contributed by atoms with van der Waals surface area (Å²) in [7, 11) is 1.36. The number of rotatable bonds is 3. The number of aromatic hydroxyl groups is 1. The van der Waals surface area contributed by atoms with Crippen LogP contribution in [0.25, 0.3) is 0 Å². The van der Waals surface area contributed by atoms with Crippen LogP contribution < -0.4 is 4.74 Å². The minimum atomic E-state index is -0.793. The smallest absolute Gasteiger partial charge is 0.163 e. The summed E-state index contributed by atoms with van der Waals surface area (Å²) in [6.07, 6.45) is 1.59. The van der Waals surface area contributed by atoms with Crippen molar-refractivity contribution >= 4 is 15.9 Å². The molecule has 3 nitrogen and oxygen atoms in total. The Kier molecular flexibility index (Phi) is 2.84. The van der Waals surface area contributed by atoms with Crippen molar-refractivity contribution in [3.05, 3.63) is 21.9 Å². The van der Waals surface area contributed by atoms with Crippen molar-refractivity contribution in [2.75, 3.05) is 7.11 Å². The first-order valence-electron chi connectivity index (χ1n) is 4.93. The molecule has 1 aliphatic carbocycles. The summed E-state index contributed by atoms with van der Waals surface area (Å²) in [6, 6.07) is 1.11. The van der Waals surface area contributed by atoms with E-state index in [9.17, 15) is 14.6 Å². The molecule has 0 bridgehead atoms. The van der Waals surface area contributed by atoms with Gasteiger partial charge in [0.25, 0.3) is 0 Å². The van der Waals surface area contributed by atoms with Gasteiger partial charge >= 0.3 is 0 Å². The molecule has 0 amide bonds. The van der Waals surface area contributed by atoms with Crippen LogP contribution in [0, 0.1) is 5.82 Å². The average Bonchev–Trinajstić information content (AvgIpc) is 2.97. The van der Waals surface area contributed by atoms with Gasteiger partial charge in [0.1, 0.15) is 5.82 Å². The van der Waals surface area contributed by atoms with Gasteiger partial charge in [0.05, 0.1) is 17.2 Å². The van der Waals surface area contributed by atoms with Crippen molar-refractivity contribution < 1.29 is 19.3 Å². The third kappa shape index (κ3) is 2.01. The molecule has 0 aliphatic heterocycles. The number of aliphatic hydroxyl groups is 1. The first kappa shape index (κ1) is 11.7. The minimum Gasteiger partial charge on any atom is -0.504 e. The molecule has 0 heterocycles. The lowest BCUT2D eigenvalue weighted by atomic mass is 10.0. The van der Waals surface area contributed by atoms with Crippen LogP contribution in [0.4, 0.5) is 4.39 Å². The predicted molar refractivity (Wildman–Crippen MR) is 60.2 cm³/mol. The van der Waals surface area contributed by atoms with Gasteiger partial charge in [-0.1, -0.05) is 0 Å². The van der Waals surface area contributed by atoms with E-state index in [-0.39, 0.29) is 22.4 Å². The number of hydrogen-bond donors (Lipinski definition) is 2. The number of methoxy groups -OCH3 is 1. The maximum absolute atomic E-state index is 13.5. The summed E-state index contributed by atoms with van der Waals surface area (Å²) < 4.78 is 18.5. The van der Waals surface area contributed by atoms with Crippen LogP contribution in [0.3, 0.4) is 0 Å². The van der Waals surface area contributed by atoms with Crippen LogP contribution in [0.5, 0.6) is 11.5 Å². The molecule has 0 unspecified atom stereocenters. The highest BCUT2D eigenvalue weighted by Gasteiger charge is 2.41. The lowest BCUT2D eigenvalue weighted by Crippen LogP contribution is -2.12. The lowest BCUT2D eigenvalue weighted by Gasteiger charge is -2.14. The van der Waals surface area contributed by atoms with E-state index in [0.717, 1.165) is 6.07 Å². The molecule has 1 aromatic rings. The normalized spacial score (nSPS) is 17.2. The lowest BCUT2D eigenvalue weighted by molar-refractivity contribution is 0.149. The monoisotopic (exact) mass is 290 g/mol. The molecule has 1 aromatic carbocycles. The Hall–Kier alpha value is -0.810. The Bertz CT molecular complexity index is 430. The number of phenols is 1. The van der Waals surface area contributed by atoms with Crippen LogP contribution in [0.2, 0.25) is 0 Å². The van der Waals surface area contributed by atoms with E-state index in [1.165, 1.54) is 7.11 Å². The SMILES string of the molecule is COc1cc(F)c(Br)c(CC2(O)CC2)c1O. The second-order valence-electron chi connectivity index (χ2n) is 4.10. The summed E-state index contributed by atoms with van der Waals surface area (Å²) in [5, 5.41) is 19.6. The average molecular weight is 291 g/mol. The zero-order chi connectivity index (χ0) is 11.9. The van der Waals surface area contributed by atoms with Crippen molar-refractivity contribution in [3.63, 3.8) is 0 Å². The fourth-order valence-electron chi connectivity index (χ4n) is 1.61. The molecular weight excluding hydrogens is 279 g/mol. The topological polar surface area (TPSA) is 49.7 Å². The Morgan fingerprint density at radius 3 is 2.69 bits per heavy atom. The molecule has 2 rings (SSSR count). The fourth-order valence-corrected chi connectivity index (χ4v) is 2.05. The zero-order valence-electron chi connectivity index (χ0n) is 8.76. The molecule has 0 aromatic heterocycles. The van der Waals surface area contributed by atoms with Crippen LogP contribution in [-0.4, -0.2) is 22.9 Å². The molecule has 0 saturated heterocycles. The maximum atomic E-state index is 13.5. The summed E-state index contributed by atoms with van der Waals surface area (Å²) in [5.41, 5.74) is -0.435. The van der Waals surface area contributed by atoms with Crippen molar-refractivity contribution in [1.82, 2.24) is 0 Å². The van der Waals surface area contributed by atoms with Gasteiger partial charge in [-0.15, -0.1) is 0 Å². The highest BCUT2D eigenvalue weighted by atomic mass is 79.9. The Labute approximate surface area is 101 Å². The Morgan fingerprint density at radius 2 is 2.19 bits per heavy atom. The van der Waals surface area contributed by atoms with Crippen molar-refractivity contribution in [2.24, 2.45) is 0 Å². The second-order valence-corrected chi connectivity index (χ2v) is 4.90. The van der Waals surface area contributed by atoms with Crippen molar-refractivity contribution in [1.29, 1.82) is 0 Å². The van der Waals surface area contributed by atoms with Crippen LogP contribution in [0.1, 0.15) is 18.4 Å². The van der Waals surface area contributed by atoms with E-state index >= 15 is 0 Å². The maximum Gasteiger partial charge on any atom is 0.163 e. The minimum absolute atomic E-state index is 0.0833. The molecule has 0 atom stereocenters. The van der Waals surface area contributed by atoms with E-state index in [1.54, 1.807) is 0 Å². The molecule has 0 radical (unpaired) electrons. The Balaban J connectivity index is 2.44. The van der Waals surface area contributed by atoms with Crippen molar-refractivity contribution in [3.8, 4) is 11.5 Å². The first-order chi connectivity index (χ1) is 7.47. The molecule has 2 N–H and O–H groups in total. The molecule has 88 valence electrons. The number of halogens is 2. The third-order valence-electron chi connectivity index (χ3n) is 2.80. The number of phenolic OH excluding ortho intramolecular Hbond substituents is 1. The van der Waals surface area contributed by atoms with E-state index in [4.69, 9.17) is 4.74 Å². The molecule has 1 aliphatic rings. The largest absolute Gasteiger partial charge is 0.504 e. The predicted octanol–water partition coefficient (Wildman–Crippen LogP) is 2.37. The summed E-state index contributed by atoms with van der Waals surface area (Å²) in [6.45, 7) is 0. The summed E-state index contributed by atoms with van der Waals surface area (Å²) in [5.74, 6) is -0.537. The van der Waals surface area contributed by atoms with Gasteiger partial charge < -0.3 is 14.9 Å². The highest BCUT2D eigenvalue weighted by molar-refractivity contribution is 9.10. The van der Waals surface area contributed by atoms with Gasteiger partial charge in [-0.2, -0.15) is 0 Å². The first-order valence-corrected chi connectivity index (χ1v) is 5.72. The molecule has 0 spiro atoms. The van der Waals surface area contributed by atoms with E-state index in [0.29, 0.717) is 18.4 Å².